The lowest BCUT2D eigenvalue weighted by atomic mass is 9.86. The number of hydrogen-bond acceptors (Lipinski definition) is 8. The Morgan fingerprint density at radius 2 is 1.62 bits per heavy atom. The van der Waals surface area contributed by atoms with Gasteiger partial charge in [-0.1, -0.05) is 45.0 Å². The van der Waals surface area contributed by atoms with Crippen LogP contribution in [0.1, 0.15) is 26.3 Å². The molecule has 0 atom stereocenters. The van der Waals surface area contributed by atoms with Crippen molar-refractivity contribution >= 4 is 37.9 Å². The zero-order chi connectivity index (χ0) is 26.6. The summed E-state index contributed by atoms with van der Waals surface area (Å²) in [6, 6.07) is 17.2. The Balaban J connectivity index is 1.60. The second kappa shape index (κ2) is 10.5. The Bertz CT molecular complexity index is 1500. The standard InChI is InChI=1S/C27H31N5O4S/c1-27(2,3)18-14-22(26(35-4)23(15-18)32-37(5,33)34)30-17-29-21-10-11-24(20-9-7-6-8-19(20)21)36-25-12-13-28-16-31-25/h6-16,29-30,32H,17H2,1-5H3. The number of hydrogen-bond donors (Lipinski definition) is 3. The SMILES string of the molecule is COc1c(NCNc2ccc(Oc3ccncn3)c3ccccc23)cc(C(C)(C)C)cc1NS(C)(=O)=O. The quantitative estimate of drug-likeness (QED) is 0.245. The first-order valence-corrected chi connectivity index (χ1v) is 13.6. The van der Waals surface area contributed by atoms with Crippen molar-refractivity contribution in [3.63, 3.8) is 0 Å². The van der Waals surface area contributed by atoms with Gasteiger partial charge in [0.15, 0.2) is 5.75 Å². The third-order valence-electron chi connectivity index (χ3n) is 5.67. The maximum Gasteiger partial charge on any atom is 0.229 e. The summed E-state index contributed by atoms with van der Waals surface area (Å²) in [5.74, 6) is 1.56. The Morgan fingerprint density at radius 3 is 2.27 bits per heavy atom. The van der Waals surface area contributed by atoms with Gasteiger partial charge in [-0.3, -0.25) is 4.72 Å². The van der Waals surface area contributed by atoms with E-state index in [4.69, 9.17) is 9.47 Å². The van der Waals surface area contributed by atoms with Crippen molar-refractivity contribution in [2.45, 2.75) is 26.2 Å². The minimum Gasteiger partial charge on any atom is -0.492 e. The minimum atomic E-state index is -3.50. The van der Waals surface area contributed by atoms with E-state index < -0.39 is 10.0 Å². The monoisotopic (exact) mass is 521 g/mol. The van der Waals surface area contributed by atoms with E-state index >= 15 is 0 Å². The molecule has 194 valence electrons. The predicted molar refractivity (Wildman–Crippen MR) is 148 cm³/mol. The summed E-state index contributed by atoms with van der Waals surface area (Å²) in [6.45, 7) is 6.56. The summed E-state index contributed by atoms with van der Waals surface area (Å²) >= 11 is 0. The second-order valence-corrected chi connectivity index (χ2v) is 11.3. The normalized spacial score (nSPS) is 11.7. The maximum atomic E-state index is 12.0. The molecule has 0 fully saturated rings. The van der Waals surface area contributed by atoms with Crippen LogP contribution in [0.25, 0.3) is 10.8 Å². The third-order valence-corrected chi connectivity index (χ3v) is 6.26. The number of aromatic nitrogens is 2. The first kappa shape index (κ1) is 26.0. The molecule has 4 rings (SSSR count). The van der Waals surface area contributed by atoms with Gasteiger partial charge in [0.25, 0.3) is 0 Å². The van der Waals surface area contributed by atoms with E-state index in [-0.39, 0.29) is 5.41 Å². The van der Waals surface area contributed by atoms with Gasteiger partial charge in [0.2, 0.25) is 15.9 Å². The number of methoxy groups -OCH3 is 1. The number of nitrogens with zero attached hydrogens (tertiary/aromatic N) is 2. The topological polar surface area (TPSA) is 114 Å². The molecule has 9 nitrogen and oxygen atoms in total. The highest BCUT2D eigenvalue weighted by atomic mass is 32.2. The van der Waals surface area contributed by atoms with Crippen LogP contribution in [0.3, 0.4) is 0 Å². The van der Waals surface area contributed by atoms with Crippen LogP contribution in [0.5, 0.6) is 17.4 Å². The highest BCUT2D eigenvalue weighted by Gasteiger charge is 2.21. The summed E-state index contributed by atoms with van der Waals surface area (Å²) in [5.41, 5.74) is 2.70. The molecule has 4 aromatic rings. The fourth-order valence-electron chi connectivity index (χ4n) is 3.89. The van der Waals surface area contributed by atoms with E-state index in [0.717, 1.165) is 28.3 Å². The number of anilines is 3. The molecule has 3 aromatic carbocycles. The van der Waals surface area contributed by atoms with Gasteiger partial charge in [-0.05, 0) is 35.2 Å². The maximum absolute atomic E-state index is 12.0. The second-order valence-electron chi connectivity index (χ2n) is 9.57. The fourth-order valence-corrected chi connectivity index (χ4v) is 4.44. The zero-order valence-electron chi connectivity index (χ0n) is 21.5. The van der Waals surface area contributed by atoms with Crippen LogP contribution in [0.2, 0.25) is 0 Å². The number of nitrogens with one attached hydrogen (secondary N) is 3. The van der Waals surface area contributed by atoms with Gasteiger partial charge in [0.05, 0.1) is 31.4 Å². The van der Waals surface area contributed by atoms with Gasteiger partial charge in [0.1, 0.15) is 12.1 Å². The number of fused-ring (bicyclic) bond motifs is 1. The molecule has 0 aliphatic carbocycles. The summed E-state index contributed by atoms with van der Waals surface area (Å²) in [7, 11) is -1.98. The largest absolute Gasteiger partial charge is 0.492 e. The van der Waals surface area contributed by atoms with Crippen molar-refractivity contribution in [2.75, 3.05) is 35.4 Å². The van der Waals surface area contributed by atoms with Gasteiger partial charge >= 0.3 is 0 Å². The number of rotatable bonds is 9. The lowest BCUT2D eigenvalue weighted by Crippen LogP contribution is -2.18. The number of ether oxygens (including phenoxy) is 2. The molecule has 0 saturated carbocycles. The van der Waals surface area contributed by atoms with E-state index in [1.54, 1.807) is 12.3 Å². The lowest BCUT2D eigenvalue weighted by Gasteiger charge is -2.24. The summed E-state index contributed by atoms with van der Waals surface area (Å²) < 4.78 is 38.1. The third kappa shape index (κ3) is 6.39. The zero-order valence-corrected chi connectivity index (χ0v) is 22.3. The van der Waals surface area contributed by atoms with E-state index in [2.05, 4.69) is 46.1 Å². The van der Waals surface area contributed by atoms with Crippen LogP contribution in [-0.2, 0) is 15.4 Å². The molecule has 1 heterocycles. The van der Waals surface area contributed by atoms with E-state index in [1.807, 2.05) is 48.5 Å². The van der Waals surface area contributed by atoms with Crippen LogP contribution in [0.4, 0.5) is 17.1 Å². The lowest BCUT2D eigenvalue weighted by molar-refractivity contribution is 0.418. The Kier molecular flexibility index (Phi) is 7.40. The van der Waals surface area contributed by atoms with Gasteiger partial charge < -0.3 is 20.1 Å². The molecule has 0 spiro atoms. The summed E-state index contributed by atoms with van der Waals surface area (Å²) in [5, 5.41) is 8.68. The predicted octanol–water partition coefficient (Wildman–Crippen LogP) is 5.58. The Labute approximate surface area is 217 Å². The summed E-state index contributed by atoms with van der Waals surface area (Å²) in [6.07, 6.45) is 4.19. The average molecular weight is 522 g/mol. The van der Waals surface area contributed by atoms with Crippen LogP contribution < -0.4 is 24.8 Å². The first-order chi connectivity index (χ1) is 17.5. The first-order valence-electron chi connectivity index (χ1n) is 11.7. The molecule has 10 heteroatoms. The molecule has 0 aliphatic heterocycles. The molecular weight excluding hydrogens is 490 g/mol. The Morgan fingerprint density at radius 1 is 0.919 bits per heavy atom. The smallest absolute Gasteiger partial charge is 0.229 e. The van der Waals surface area contributed by atoms with Gasteiger partial charge in [-0.25, -0.2) is 18.4 Å². The number of benzene rings is 3. The van der Waals surface area contributed by atoms with Gasteiger partial charge in [0, 0.05) is 28.7 Å². The van der Waals surface area contributed by atoms with Gasteiger partial charge in [-0.2, -0.15) is 0 Å². The molecule has 0 aliphatic rings. The highest BCUT2D eigenvalue weighted by molar-refractivity contribution is 7.92. The highest BCUT2D eigenvalue weighted by Crippen LogP contribution is 2.39. The van der Waals surface area contributed by atoms with Gasteiger partial charge in [-0.15, -0.1) is 0 Å². The molecule has 1 aromatic heterocycles. The van der Waals surface area contributed by atoms with Crippen molar-refractivity contribution in [3.05, 3.63) is 72.7 Å². The van der Waals surface area contributed by atoms with Crippen molar-refractivity contribution < 1.29 is 17.9 Å². The van der Waals surface area contributed by atoms with Crippen molar-refractivity contribution in [1.29, 1.82) is 0 Å². The molecule has 0 bridgehead atoms. The molecular formula is C27H31N5O4S. The molecule has 0 radical (unpaired) electrons. The van der Waals surface area contributed by atoms with Crippen molar-refractivity contribution in [2.24, 2.45) is 0 Å². The van der Waals surface area contributed by atoms with Crippen LogP contribution in [0.15, 0.2) is 67.1 Å². The number of sulfonamides is 1. The Hall–Kier alpha value is -4.05. The molecule has 0 unspecified atom stereocenters. The van der Waals surface area contributed by atoms with Crippen LogP contribution >= 0.6 is 0 Å². The molecule has 0 amide bonds. The van der Waals surface area contributed by atoms with Crippen LogP contribution in [0, 0.1) is 0 Å². The summed E-state index contributed by atoms with van der Waals surface area (Å²) in [4.78, 5) is 8.07. The van der Waals surface area contributed by atoms with Crippen molar-refractivity contribution in [1.82, 2.24) is 9.97 Å². The average Bonchev–Trinajstić information content (AvgIpc) is 2.84. The molecule has 37 heavy (non-hydrogen) atoms. The van der Waals surface area contributed by atoms with E-state index in [1.165, 1.54) is 13.4 Å². The molecule has 0 saturated heterocycles. The fraction of sp³-hybridized carbons (Fsp3) is 0.259. The van der Waals surface area contributed by atoms with E-state index in [0.29, 0.717) is 35.4 Å². The van der Waals surface area contributed by atoms with Crippen molar-refractivity contribution in [3.8, 4) is 17.4 Å². The van der Waals surface area contributed by atoms with Crippen LogP contribution in [-0.4, -0.2) is 38.4 Å². The minimum absolute atomic E-state index is 0.209. The molecule has 3 N–H and O–H groups in total. The van der Waals surface area contributed by atoms with E-state index in [9.17, 15) is 8.42 Å².